The van der Waals surface area contributed by atoms with Crippen LogP contribution in [0.15, 0.2) is 35.3 Å². The Hall–Kier alpha value is -1.35. The number of rotatable bonds is 5. The van der Waals surface area contributed by atoms with Gasteiger partial charge in [-0.1, -0.05) is 44.2 Å². The van der Waals surface area contributed by atoms with Crippen LogP contribution in [0.3, 0.4) is 0 Å². The van der Waals surface area contributed by atoms with E-state index in [4.69, 9.17) is 5.84 Å². The van der Waals surface area contributed by atoms with Gasteiger partial charge in [-0.05, 0) is 18.4 Å². The standard InChI is InChI=1S/C13H21N3/c1-3-10-15-13(16-14)12(4-2)11-8-6-5-7-9-11/h5-9,12H,3-4,10,14H2,1-2H3,(H,15,16). The van der Waals surface area contributed by atoms with Gasteiger partial charge in [0.15, 0.2) is 0 Å². The predicted molar refractivity (Wildman–Crippen MR) is 69.4 cm³/mol. The Bertz CT molecular complexity index is 319. The smallest absolute Gasteiger partial charge is 0.118 e. The third-order valence-electron chi connectivity index (χ3n) is 2.59. The number of nitrogens with zero attached hydrogens (tertiary/aromatic N) is 1. The van der Waals surface area contributed by atoms with Crippen molar-refractivity contribution in [2.45, 2.75) is 32.6 Å². The van der Waals surface area contributed by atoms with Gasteiger partial charge in [0, 0.05) is 12.5 Å². The van der Waals surface area contributed by atoms with Crippen LogP contribution in [0.25, 0.3) is 0 Å². The summed E-state index contributed by atoms with van der Waals surface area (Å²) in [6, 6.07) is 10.4. The van der Waals surface area contributed by atoms with E-state index < -0.39 is 0 Å². The third kappa shape index (κ3) is 3.35. The Morgan fingerprint density at radius 2 is 2.00 bits per heavy atom. The minimum Gasteiger partial charge on any atom is -0.312 e. The van der Waals surface area contributed by atoms with Gasteiger partial charge in [-0.2, -0.15) is 0 Å². The highest BCUT2D eigenvalue weighted by Crippen LogP contribution is 2.19. The molecule has 3 heteroatoms. The molecule has 1 aromatic rings. The predicted octanol–water partition coefficient (Wildman–Crippen LogP) is 2.45. The van der Waals surface area contributed by atoms with Crippen molar-refractivity contribution in [1.82, 2.24) is 5.43 Å². The monoisotopic (exact) mass is 219 g/mol. The van der Waals surface area contributed by atoms with Crippen LogP contribution in [0.4, 0.5) is 0 Å². The molecule has 1 unspecified atom stereocenters. The normalized spacial score (nSPS) is 13.6. The molecule has 0 amide bonds. The highest BCUT2D eigenvalue weighted by molar-refractivity contribution is 5.88. The first kappa shape index (κ1) is 12.7. The maximum absolute atomic E-state index is 5.55. The quantitative estimate of drug-likeness (QED) is 0.346. The number of hydrazine groups is 1. The van der Waals surface area contributed by atoms with Crippen molar-refractivity contribution in [1.29, 1.82) is 0 Å². The highest BCUT2D eigenvalue weighted by Gasteiger charge is 2.14. The molecule has 1 aromatic carbocycles. The molecule has 0 aliphatic heterocycles. The molecule has 0 saturated heterocycles. The average Bonchev–Trinajstić information content (AvgIpc) is 2.35. The van der Waals surface area contributed by atoms with E-state index in [1.165, 1.54) is 5.56 Å². The van der Waals surface area contributed by atoms with Crippen molar-refractivity contribution in [3.63, 3.8) is 0 Å². The van der Waals surface area contributed by atoms with Gasteiger partial charge in [0.2, 0.25) is 0 Å². The minimum absolute atomic E-state index is 0.276. The van der Waals surface area contributed by atoms with Crippen LogP contribution in [0.2, 0.25) is 0 Å². The van der Waals surface area contributed by atoms with Crippen LogP contribution < -0.4 is 11.3 Å². The fourth-order valence-electron chi connectivity index (χ4n) is 1.76. The first-order chi connectivity index (χ1) is 7.83. The Morgan fingerprint density at radius 1 is 1.31 bits per heavy atom. The van der Waals surface area contributed by atoms with Crippen molar-refractivity contribution in [2.75, 3.05) is 6.54 Å². The zero-order valence-electron chi connectivity index (χ0n) is 10.1. The van der Waals surface area contributed by atoms with Gasteiger partial charge in [-0.25, -0.2) is 5.84 Å². The lowest BCUT2D eigenvalue weighted by Crippen LogP contribution is -2.35. The van der Waals surface area contributed by atoms with Crippen LogP contribution in [0.5, 0.6) is 0 Å². The van der Waals surface area contributed by atoms with Crippen molar-refractivity contribution >= 4 is 5.84 Å². The SMILES string of the molecule is CCCN=C(NN)C(CC)c1ccccc1. The van der Waals surface area contributed by atoms with E-state index in [0.717, 1.165) is 25.2 Å². The van der Waals surface area contributed by atoms with Crippen molar-refractivity contribution in [2.24, 2.45) is 10.8 Å². The number of nitrogens with two attached hydrogens (primary N) is 1. The molecule has 0 aliphatic carbocycles. The Kier molecular flexibility index (Phi) is 5.57. The Balaban J connectivity index is 2.88. The third-order valence-corrected chi connectivity index (χ3v) is 2.59. The summed E-state index contributed by atoms with van der Waals surface area (Å²) < 4.78 is 0. The molecule has 0 aliphatic rings. The fraction of sp³-hybridized carbons (Fsp3) is 0.462. The number of amidine groups is 1. The van der Waals surface area contributed by atoms with Crippen LogP contribution >= 0.6 is 0 Å². The molecule has 3 nitrogen and oxygen atoms in total. The molecule has 0 aromatic heterocycles. The van der Waals surface area contributed by atoms with E-state index in [9.17, 15) is 0 Å². The molecule has 0 bridgehead atoms. The van der Waals surface area contributed by atoms with Gasteiger partial charge in [0.05, 0.1) is 0 Å². The van der Waals surface area contributed by atoms with Crippen molar-refractivity contribution in [3.05, 3.63) is 35.9 Å². The zero-order chi connectivity index (χ0) is 11.8. The van der Waals surface area contributed by atoms with Gasteiger partial charge >= 0.3 is 0 Å². The van der Waals surface area contributed by atoms with E-state index in [-0.39, 0.29) is 5.92 Å². The minimum atomic E-state index is 0.276. The molecule has 0 spiro atoms. The second-order valence-electron chi connectivity index (χ2n) is 3.78. The summed E-state index contributed by atoms with van der Waals surface area (Å²) in [7, 11) is 0. The molecule has 16 heavy (non-hydrogen) atoms. The Morgan fingerprint density at radius 3 is 2.50 bits per heavy atom. The van der Waals surface area contributed by atoms with Gasteiger partial charge in [0.25, 0.3) is 0 Å². The topological polar surface area (TPSA) is 50.4 Å². The summed E-state index contributed by atoms with van der Waals surface area (Å²) in [5.74, 6) is 6.71. The molecule has 88 valence electrons. The van der Waals surface area contributed by atoms with Crippen LogP contribution in [-0.4, -0.2) is 12.4 Å². The zero-order valence-corrected chi connectivity index (χ0v) is 10.1. The first-order valence-corrected chi connectivity index (χ1v) is 5.89. The number of aliphatic imine (C=N–C) groups is 1. The molecule has 3 N–H and O–H groups in total. The summed E-state index contributed by atoms with van der Waals surface area (Å²) in [5, 5.41) is 0. The van der Waals surface area contributed by atoms with E-state index in [0.29, 0.717) is 0 Å². The summed E-state index contributed by atoms with van der Waals surface area (Å²) >= 11 is 0. The lowest BCUT2D eigenvalue weighted by molar-refractivity contribution is 0.780. The maximum Gasteiger partial charge on any atom is 0.118 e. The fourth-order valence-corrected chi connectivity index (χ4v) is 1.76. The second-order valence-corrected chi connectivity index (χ2v) is 3.78. The molecule has 0 saturated carbocycles. The molecule has 0 heterocycles. The molecule has 0 radical (unpaired) electrons. The lowest BCUT2D eigenvalue weighted by Gasteiger charge is -2.17. The number of nitrogens with one attached hydrogen (secondary N) is 1. The summed E-state index contributed by atoms with van der Waals surface area (Å²) in [6.45, 7) is 5.08. The van der Waals surface area contributed by atoms with Crippen LogP contribution in [-0.2, 0) is 0 Å². The van der Waals surface area contributed by atoms with Crippen LogP contribution in [0, 0.1) is 0 Å². The number of hydrogen-bond acceptors (Lipinski definition) is 2. The van der Waals surface area contributed by atoms with E-state index in [1.54, 1.807) is 0 Å². The van der Waals surface area contributed by atoms with Gasteiger partial charge < -0.3 is 5.43 Å². The van der Waals surface area contributed by atoms with Gasteiger partial charge in [-0.15, -0.1) is 0 Å². The summed E-state index contributed by atoms with van der Waals surface area (Å²) in [6.07, 6.45) is 2.03. The maximum atomic E-state index is 5.55. The molecular formula is C13H21N3. The molecule has 0 fully saturated rings. The Labute approximate surface area is 97.7 Å². The van der Waals surface area contributed by atoms with E-state index >= 15 is 0 Å². The summed E-state index contributed by atoms with van der Waals surface area (Å²) in [4.78, 5) is 4.49. The molecule has 1 atom stereocenters. The first-order valence-electron chi connectivity index (χ1n) is 5.89. The lowest BCUT2D eigenvalue weighted by atomic mass is 9.95. The number of benzene rings is 1. The largest absolute Gasteiger partial charge is 0.312 e. The van der Waals surface area contributed by atoms with Gasteiger partial charge in [-0.3, -0.25) is 4.99 Å². The van der Waals surface area contributed by atoms with Crippen molar-refractivity contribution < 1.29 is 0 Å². The number of hydrogen-bond donors (Lipinski definition) is 2. The molecular weight excluding hydrogens is 198 g/mol. The highest BCUT2D eigenvalue weighted by atomic mass is 15.3. The van der Waals surface area contributed by atoms with Gasteiger partial charge in [0.1, 0.15) is 5.84 Å². The van der Waals surface area contributed by atoms with E-state index in [2.05, 4.69) is 36.4 Å². The summed E-state index contributed by atoms with van der Waals surface area (Å²) in [5.41, 5.74) is 4.00. The molecule has 1 rings (SSSR count). The van der Waals surface area contributed by atoms with Crippen molar-refractivity contribution in [3.8, 4) is 0 Å². The average molecular weight is 219 g/mol. The van der Waals surface area contributed by atoms with Crippen LogP contribution in [0.1, 0.15) is 38.2 Å². The van der Waals surface area contributed by atoms with E-state index in [1.807, 2.05) is 18.2 Å². The second kappa shape index (κ2) is 7.01.